The van der Waals surface area contributed by atoms with Crippen molar-refractivity contribution in [3.63, 3.8) is 0 Å². The van der Waals surface area contributed by atoms with Gasteiger partial charge in [0.15, 0.2) is 0 Å². The summed E-state index contributed by atoms with van der Waals surface area (Å²) in [6.45, 7) is 0. The first-order chi connectivity index (χ1) is 25.4. The number of rotatable bonds is 4. The molecule has 9 rings (SSSR count). The molecule has 3 aromatic heterocycles. The van der Waals surface area contributed by atoms with Crippen LogP contribution < -0.4 is 0 Å². The van der Waals surface area contributed by atoms with Gasteiger partial charge in [-0.25, -0.2) is 27.5 Å². The number of fused-ring (bicyclic) bond motifs is 8. The molecular weight excluding hydrogens is 716 g/mol. The summed E-state index contributed by atoms with van der Waals surface area (Å²) in [5.41, 5.74) is 6.82. The molecule has 0 fully saturated rings. The summed E-state index contributed by atoms with van der Waals surface area (Å²) in [7, 11) is 0. The number of benzene rings is 4. The molecule has 0 atom stereocenters. The third-order valence-corrected chi connectivity index (χ3v) is 9.33. The summed E-state index contributed by atoms with van der Waals surface area (Å²) in [5, 5.41) is 0. The molecule has 0 aliphatic carbocycles. The van der Waals surface area contributed by atoms with Gasteiger partial charge in [0.05, 0.1) is 22.8 Å². The zero-order valence-electron chi connectivity index (χ0n) is 27.6. The van der Waals surface area contributed by atoms with Crippen molar-refractivity contribution in [2.45, 2.75) is 0 Å². The van der Waals surface area contributed by atoms with Crippen LogP contribution in [0.4, 0.5) is 17.6 Å². The van der Waals surface area contributed by atoms with Gasteiger partial charge >= 0.3 is 0 Å². The zero-order chi connectivity index (χ0) is 35.3. The van der Waals surface area contributed by atoms with E-state index in [9.17, 15) is 0 Å². The Morgan fingerprint density at radius 1 is 0.321 bits per heavy atom. The monoisotopic (exact) mass is 742 g/mol. The largest absolute Gasteiger partial charge is 0.354 e. The van der Waals surface area contributed by atoms with E-state index in [-0.39, 0.29) is 17.1 Å². The minimum absolute atomic E-state index is 0. The second kappa shape index (κ2) is 13.7. The summed E-state index contributed by atoms with van der Waals surface area (Å²) in [6, 6.07) is 32.8. The van der Waals surface area contributed by atoms with E-state index in [2.05, 4.69) is 9.97 Å². The average Bonchev–Trinajstić information content (AvgIpc) is 3.99. The van der Waals surface area contributed by atoms with Gasteiger partial charge in [0.25, 0.3) is 0 Å². The number of halogens is 4. The number of nitrogens with zero attached hydrogens (tertiary/aromatic N) is 2. The fourth-order valence-corrected chi connectivity index (χ4v) is 6.99. The Morgan fingerprint density at radius 2 is 0.547 bits per heavy atom. The quantitative estimate of drug-likeness (QED) is 0.139. The molecule has 0 spiro atoms. The number of H-pyrrole nitrogens is 2. The van der Waals surface area contributed by atoms with Crippen molar-refractivity contribution in [3.8, 4) is 44.5 Å². The van der Waals surface area contributed by atoms with E-state index in [0.717, 1.165) is 0 Å². The van der Waals surface area contributed by atoms with Gasteiger partial charge in [0.2, 0.25) is 0 Å². The van der Waals surface area contributed by atoms with Gasteiger partial charge < -0.3 is 9.97 Å². The maximum atomic E-state index is 15.7. The van der Waals surface area contributed by atoms with Crippen LogP contribution in [0.5, 0.6) is 0 Å². The third-order valence-electron chi connectivity index (χ3n) is 9.33. The van der Waals surface area contributed by atoms with Crippen LogP contribution in [-0.4, -0.2) is 19.9 Å². The zero-order valence-corrected chi connectivity index (χ0v) is 28.7. The van der Waals surface area contributed by atoms with Crippen molar-refractivity contribution < 1.29 is 34.6 Å². The average molecular weight is 743 g/mol. The molecule has 0 unspecified atom stereocenters. The Morgan fingerprint density at radius 3 is 0.774 bits per heavy atom. The number of hydrogen-bond acceptors (Lipinski definition) is 2. The van der Waals surface area contributed by atoms with E-state index in [1.54, 1.807) is 121 Å². The summed E-state index contributed by atoms with van der Waals surface area (Å²) in [6.07, 6.45) is 7.07. The molecule has 2 aliphatic heterocycles. The van der Waals surface area contributed by atoms with Crippen LogP contribution in [0.3, 0.4) is 0 Å². The van der Waals surface area contributed by atoms with Crippen LogP contribution in [0.15, 0.2) is 121 Å². The van der Waals surface area contributed by atoms with E-state index in [4.69, 9.17) is 9.97 Å². The molecule has 5 heterocycles. The first-order valence-electron chi connectivity index (χ1n) is 16.6. The van der Waals surface area contributed by atoms with Gasteiger partial charge in [-0.1, -0.05) is 72.8 Å². The first kappa shape index (κ1) is 33.8. The number of aromatic amines is 2. The molecule has 8 bridgehead atoms. The summed E-state index contributed by atoms with van der Waals surface area (Å²) < 4.78 is 62.7. The van der Waals surface area contributed by atoms with Crippen molar-refractivity contribution in [2.75, 3.05) is 0 Å². The summed E-state index contributed by atoms with van der Waals surface area (Å²) >= 11 is 0. The molecule has 9 heteroatoms. The SMILES string of the molecule is Fc1ccccc1-c1c2nc(c(-c3ccccc3F)c3ccc([nH]3)c(-c3ccccc3F)c3nc(c(-c4ccccc4F)c4ccc1[nH]4)C=C3)C=C2.[Fe]. The first-order valence-corrected chi connectivity index (χ1v) is 16.6. The van der Waals surface area contributed by atoms with E-state index in [1.807, 2.05) is 0 Å². The summed E-state index contributed by atoms with van der Waals surface area (Å²) in [5.74, 6) is -1.85. The predicted molar refractivity (Wildman–Crippen MR) is 200 cm³/mol. The van der Waals surface area contributed by atoms with E-state index in [1.165, 1.54) is 24.3 Å². The Kier molecular flexibility index (Phi) is 8.74. The van der Waals surface area contributed by atoms with Crippen LogP contribution in [-0.2, 0) is 17.1 Å². The number of nitrogens with one attached hydrogen (secondary N) is 2. The van der Waals surface area contributed by atoms with Crippen LogP contribution in [0.2, 0.25) is 0 Å². The van der Waals surface area contributed by atoms with Crippen molar-refractivity contribution >= 4 is 46.4 Å². The maximum absolute atomic E-state index is 15.7. The van der Waals surface area contributed by atoms with Crippen LogP contribution >= 0.6 is 0 Å². The second-order valence-corrected chi connectivity index (χ2v) is 12.4. The standard InChI is InChI=1S/C44H26F4N4.Fe/c45-29-13-5-1-9-25(29)41-33-17-19-35(49-33)42(26-10-2-6-14-30(26)46)37-21-23-39(51-37)44(28-12-4-8-16-32(28)48)40-24-22-38(52-40)43(36-20-18-34(41)50-36)27-11-3-7-15-31(27)47;/h1-24,49,52H;. The Balaban J connectivity index is 0.00000400. The molecule has 53 heavy (non-hydrogen) atoms. The Labute approximate surface area is 311 Å². The van der Waals surface area contributed by atoms with Gasteiger partial charge in [-0.05, 0) is 72.8 Å². The van der Waals surface area contributed by atoms with Crippen LogP contribution in [0, 0.1) is 23.3 Å². The molecule has 0 saturated carbocycles. The topological polar surface area (TPSA) is 57.4 Å². The molecule has 4 aromatic carbocycles. The second-order valence-electron chi connectivity index (χ2n) is 12.4. The normalized spacial score (nSPS) is 11.8. The molecule has 0 radical (unpaired) electrons. The number of hydrogen-bond donors (Lipinski definition) is 2. The molecular formula is C44H26F4FeN4. The maximum Gasteiger partial charge on any atom is 0.131 e. The molecule has 4 nitrogen and oxygen atoms in total. The molecule has 7 aromatic rings. The third kappa shape index (κ3) is 5.90. The minimum atomic E-state index is -0.461. The molecule has 258 valence electrons. The predicted octanol–water partition coefficient (Wildman–Crippen LogP) is 11.9. The van der Waals surface area contributed by atoms with Crippen LogP contribution in [0.25, 0.3) is 90.9 Å². The van der Waals surface area contributed by atoms with Crippen molar-refractivity contribution in [3.05, 3.63) is 167 Å². The Bertz CT molecular complexity index is 2440. The van der Waals surface area contributed by atoms with E-state index in [0.29, 0.717) is 89.4 Å². The van der Waals surface area contributed by atoms with Gasteiger partial charge in [0.1, 0.15) is 23.3 Å². The fourth-order valence-electron chi connectivity index (χ4n) is 6.99. The van der Waals surface area contributed by atoms with Crippen molar-refractivity contribution in [2.24, 2.45) is 0 Å². The minimum Gasteiger partial charge on any atom is -0.354 e. The van der Waals surface area contributed by atoms with E-state index < -0.39 is 23.3 Å². The molecule has 2 aliphatic rings. The smallest absolute Gasteiger partial charge is 0.131 e. The van der Waals surface area contributed by atoms with Gasteiger partial charge in [-0.3, -0.25) is 0 Å². The molecule has 0 amide bonds. The van der Waals surface area contributed by atoms with Crippen molar-refractivity contribution in [1.29, 1.82) is 0 Å². The number of aromatic nitrogens is 4. The van der Waals surface area contributed by atoms with Gasteiger partial charge in [0, 0.05) is 83.6 Å². The van der Waals surface area contributed by atoms with E-state index >= 15 is 17.6 Å². The molecule has 0 saturated heterocycles. The van der Waals surface area contributed by atoms with Gasteiger partial charge in [-0.2, -0.15) is 0 Å². The molecule has 2 N–H and O–H groups in total. The Hall–Kier alpha value is -6.28. The fraction of sp³-hybridized carbons (Fsp3) is 0. The van der Waals surface area contributed by atoms with Gasteiger partial charge in [-0.15, -0.1) is 0 Å². The summed E-state index contributed by atoms with van der Waals surface area (Å²) in [4.78, 5) is 16.9. The van der Waals surface area contributed by atoms with Crippen molar-refractivity contribution in [1.82, 2.24) is 19.9 Å². The van der Waals surface area contributed by atoms with Crippen LogP contribution in [0.1, 0.15) is 22.8 Å².